The number of alkyl halides is 1. The highest BCUT2D eigenvalue weighted by Crippen LogP contribution is 2.41. The molecule has 1 unspecified atom stereocenters. The Kier molecular flexibility index (Phi) is 6.84. The molecule has 0 bridgehead atoms. The molecule has 3 aromatic rings. The molecule has 180 valence electrons. The van der Waals surface area contributed by atoms with Crippen molar-refractivity contribution < 1.29 is 32.9 Å². The highest BCUT2D eigenvalue weighted by molar-refractivity contribution is 7.99. The number of nitrogens with zero attached hydrogens (tertiary/aromatic N) is 4. The van der Waals surface area contributed by atoms with E-state index in [1.807, 2.05) is 0 Å². The Bertz CT molecular complexity index is 1190. The fraction of sp³-hybridized carbons (Fsp3) is 0.381. The van der Waals surface area contributed by atoms with Crippen LogP contribution in [0.3, 0.4) is 0 Å². The smallest absolute Gasteiger partial charge is 0.303 e. The fourth-order valence-electron chi connectivity index (χ4n) is 3.65. The van der Waals surface area contributed by atoms with Crippen LogP contribution in [-0.4, -0.2) is 62.4 Å². The second kappa shape index (κ2) is 9.81. The van der Waals surface area contributed by atoms with Gasteiger partial charge in [0.25, 0.3) is 0 Å². The Morgan fingerprint density at radius 2 is 1.79 bits per heavy atom. The maximum Gasteiger partial charge on any atom is 0.303 e. The lowest BCUT2D eigenvalue weighted by Crippen LogP contribution is -2.41. The molecule has 0 amide bonds. The van der Waals surface area contributed by atoms with Crippen LogP contribution < -0.4 is 10.5 Å². The van der Waals surface area contributed by atoms with E-state index >= 15 is 4.39 Å². The van der Waals surface area contributed by atoms with Gasteiger partial charge < -0.3 is 24.7 Å². The van der Waals surface area contributed by atoms with Crippen molar-refractivity contribution in [1.82, 2.24) is 19.5 Å². The van der Waals surface area contributed by atoms with E-state index in [1.54, 1.807) is 24.3 Å². The molecule has 1 aliphatic rings. The number of halogens is 1. The normalized spacial score (nSPS) is 22.9. The summed E-state index contributed by atoms with van der Waals surface area (Å²) in [5.74, 6) is -0.580. The van der Waals surface area contributed by atoms with E-state index in [2.05, 4.69) is 15.0 Å². The van der Waals surface area contributed by atoms with Crippen LogP contribution in [0.2, 0.25) is 0 Å². The summed E-state index contributed by atoms with van der Waals surface area (Å²) in [6.07, 6.45) is -2.16. The minimum Gasteiger partial charge on any atom is -0.497 e. The number of imidazole rings is 1. The van der Waals surface area contributed by atoms with Gasteiger partial charge in [-0.05, 0) is 24.3 Å². The van der Waals surface area contributed by atoms with Gasteiger partial charge in [-0.2, -0.15) is 0 Å². The number of carbonyl (C=O) groups excluding carboxylic acids is 2. The van der Waals surface area contributed by atoms with Crippen molar-refractivity contribution in [3.63, 3.8) is 0 Å². The minimum atomic E-state index is -1.68. The Morgan fingerprint density at radius 3 is 2.44 bits per heavy atom. The summed E-state index contributed by atoms with van der Waals surface area (Å²) in [6, 6.07) is 6.77. The first kappa shape index (κ1) is 23.7. The van der Waals surface area contributed by atoms with Gasteiger partial charge in [-0.3, -0.25) is 14.2 Å². The fourth-order valence-corrected chi connectivity index (χ4v) is 4.56. The lowest BCUT2D eigenvalue weighted by molar-refractivity contribution is -0.165. The number of hydrogen-bond donors (Lipinski definition) is 1. The number of fused-ring (bicyclic) bond motifs is 1. The second-order valence-electron chi connectivity index (χ2n) is 7.37. The van der Waals surface area contributed by atoms with Gasteiger partial charge in [-0.15, -0.1) is 0 Å². The molecule has 0 spiro atoms. The largest absolute Gasteiger partial charge is 0.497 e. The molecule has 0 aliphatic carbocycles. The molecule has 34 heavy (non-hydrogen) atoms. The van der Waals surface area contributed by atoms with Crippen molar-refractivity contribution in [3.05, 3.63) is 36.9 Å². The maximum absolute atomic E-state index is 15.6. The summed E-state index contributed by atoms with van der Waals surface area (Å²) in [7, 11) is 1.53. The van der Waals surface area contributed by atoms with Crippen LogP contribution >= 0.6 is 11.8 Å². The predicted octanol–water partition coefficient (Wildman–Crippen LogP) is 2.27. The summed E-state index contributed by atoms with van der Waals surface area (Å²) in [5.41, 5.74) is 4.76. The van der Waals surface area contributed by atoms with E-state index in [0.717, 1.165) is 11.8 Å². The molecular formula is C21H22FN5O6S. The zero-order chi connectivity index (χ0) is 24.4. The van der Waals surface area contributed by atoms with Crippen molar-refractivity contribution in [1.29, 1.82) is 0 Å². The number of nitrogens with two attached hydrogens (primary N) is 1. The third-order valence-corrected chi connectivity index (χ3v) is 6.09. The molecule has 11 nitrogen and oxygen atoms in total. The van der Waals surface area contributed by atoms with Crippen LogP contribution in [0.4, 0.5) is 10.2 Å². The number of anilines is 1. The summed E-state index contributed by atoms with van der Waals surface area (Å²) >= 11 is 0.868. The van der Waals surface area contributed by atoms with E-state index in [9.17, 15) is 9.59 Å². The molecule has 1 saturated heterocycles. The maximum atomic E-state index is 15.6. The first-order valence-electron chi connectivity index (χ1n) is 10.2. The average Bonchev–Trinajstić information content (AvgIpc) is 3.36. The average molecular weight is 492 g/mol. The number of esters is 2. The Morgan fingerprint density at radius 1 is 1.12 bits per heavy atom. The third-order valence-electron chi connectivity index (χ3n) is 5.06. The predicted molar refractivity (Wildman–Crippen MR) is 119 cm³/mol. The number of rotatable bonds is 7. The van der Waals surface area contributed by atoms with E-state index < -0.39 is 42.0 Å². The molecule has 4 rings (SSSR count). The molecule has 2 N–H and O–H groups in total. The Labute approximate surface area is 197 Å². The monoisotopic (exact) mass is 491 g/mol. The molecule has 2 aromatic heterocycles. The van der Waals surface area contributed by atoms with Crippen LogP contribution in [0.15, 0.2) is 41.8 Å². The van der Waals surface area contributed by atoms with Crippen LogP contribution in [0.25, 0.3) is 11.2 Å². The van der Waals surface area contributed by atoms with Gasteiger partial charge in [-0.1, -0.05) is 11.8 Å². The minimum absolute atomic E-state index is 0.136. The molecule has 3 heterocycles. The Balaban J connectivity index is 1.69. The number of nitrogen functional groups attached to an aromatic ring is 1. The highest BCUT2D eigenvalue weighted by Gasteiger charge is 2.53. The van der Waals surface area contributed by atoms with Gasteiger partial charge in [0.05, 0.1) is 13.4 Å². The van der Waals surface area contributed by atoms with Crippen molar-refractivity contribution in [2.75, 3.05) is 12.8 Å². The molecule has 5 atom stereocenters. The lowest BCUT2D eigenvalue weighted by Gasteiger charge is -2.24. The number of ether oxygens (including phenoxy) is 4. The van der Waals surface area contributed by atoms with Crippen LogP contribution in [0, 0.1) is 0 Å². The van der Waals surface area contributed by atoms with E-state index in [4.69, 9.17) is 24.7 Å². The number of benzene rings is 1. The summed E-state index contributed by atoms with van der Waals surface area (Å²) in [4.78, 5) is 36.6. The number of thioether (sulfide) groups is 1. The van der Waals surface area contributed by atoms with Crippen molar-refractivity contribution >= 4 is 40.7 Å². The SMILES string of the molecule is COc1ccc(SC(F)[C@H]2O[C@@H](n3cnc4c(N)ncnc43)[C@H](OC(C)=O)[C@@H]2OC(C)=O)cc1. The molecule has 0 saturated carbocycles. The molecule has 0 radical (unpaired) electrons. The standard InChI is InChI=1S/C21H22FN5O6S/c1-10(28)31-15-16(18(22)34-13-6-4-12(30-3)5-7-13)33-21(17(15)32-11(2)29)27-9-26-14-19(23)24-8-25-20(14)27/h4-9,15-18,21H,1-3H3,(H2,23,24,25)/t15-,16+,17-,18?,21-/m1/s1. The molecule has 1 fully saturated rings. The van der Waals surface area contributed by atoms with Crippen LogP contribution in [0.1, 0.15) is 20.1 Å². The number of hydrogen-bond acceptors (Lipinski definition) is 11. The van der Waals surface area contributed by atoms with E-state index in [1.165, 1.54) is 38.2 Å². The van der Waals surface area contributed by atoms with Crippen molar-refractivity contribution in [2.24, 2.45) is 0 Å². The van der Waals surface area contributed by atoms with Gasteiger partial charge in [0.15, 0.2) is 35.4 Å². The van der Waals surface area contributed by atoms with Crippen molar-refractivity contribution in [3.8, 4) is 5.75 Å². The van der Waals surface area contributed by atoms with Crippen LogP contribution in [-0.2, 0) is 23.8 Å². The zero-order valence-corrected chi connectivity index (χ0v) is 19.3. The quantitative estimate of drug-likeness (QED) is 0.384. The summed E-state index contributed by atoms with van der Waals surface area (Å²) < 4.78 is 39.0. The van der Waals surface area contributed by atoms with E-state index in [-0.39, 0.29) is 11.5 Å². The highest BCUT2D eigenvalue weighted by atomic mass is 32.2. The van der Waals surface area contributed by atoms with Crippen LogP contribution in [0.5, 0.6) is 5.75 Å². The first-order valence-corrected chi connectivity index (χ1v) is 11.0. The molecular weight excluding hydrogens is 469 g/mol. The molecule has 1 aromatic carbocycles. The third kappa shape index (κ3) is 4.75. The second-order valence-corrected chi connectivity index (χ2v) is 8.52. The number of aromatic nitrogens is 4. The number of methoxy groups -OCH3 is 1. The van der Waals surface area contributed by atoms with E-state index in [0.29, 0.717) is 16.2 Å². The number of carbonyl (C=O) groups is 2. The molecule has 1 aliphatic heterocycles. The van der Waals surface area contributed by atoms with Gasteiger partial charge in [-0.25, -0.2) is 19.3 Å². The van der Waals surface area contributed by atoms with Gasteiger partial charge in [0.2, 0.25) is 0 Å². The van der Waals surface area contributed by atoms with Crippen molar-refractivity contribution in [2.45, 2.75) is 48.8 Å². The van der Waals surface area contributed by atoms with Gasteiger partial charge >= 0.3 is 11.9 Å². The zero-order valence-electron chi connectivity index (χ0n) is 18.5. The Hall–Kier alpha value is -3.45. The van der Waals surface area contributed by atoms with Gasteiger partial charge in [0.1, 0.15) is 23.7 Å². The molecule has 13 heteroatoms. The summed E-state index contributed by atoms with van der Waals surface area (Å²) in [5, 5.41) is 0. The van der Waals surface area contributed by atoms with Gasteiger partial charge in [0, 0.05) is 18.7 Å². The first-order chi connectivity index (χ1) is 16.3. The summed E-state index contributed by atoms with van der Waals surface area (Å²) in [6.45, 7) is 2.38. The lowest BCUT2D eigenvalue weighted by atomic mass is 10.1. The topological polar surface area (TPSA) is 141 Å².